The maximum atomic E-state index is 6.45. The van der Waals surface area contributed by atoms with E-state index in [0.717, 1.165) is 28.3 Å². The molecule has 0 amide bonds. The van der Waals surface area contributed by atoms with Crippen LogP contribution in [0.1, 0.15) is 43.0 Å². The third-order valence-electron chi connectivity index (χ3n) is 5.39. The van der Waals surface area contributed by atoms with Crippen molar-refractivity contribution in [3.05, 3.63) is 64.3 Å². The maximum Gasteiger partial charge on any atom is 0.122 e. The lowest BCUT2D eigenvalue weighted by Gasteiger charge is -2.30. The molecule has 0 radical (unpaired) electrons. The van der Waals surface area contributed by atoms with Gasteiger partial charge in [0.05, 0.1) is 5.02 Å². The van der Waals surface area contributed by atoms with Crippen molar-refractivity contribution >= 4 is 22.5 Å². The number of likely N-dealkylation sites (tertiary alicyclic amines) is 1. The number of hydrogen-bond acceptors (Lipinski definition) is 2. The molecule has 0 saturated carbocycles. The SMILES string of the molecule is Cc1cc(CN2CCC2)ccc1OCc1ccc2c(c1)c(Cl)cn2C(C)C. The van der Waals surface area contributed by atoms with Gasteiger partial charge in [0, 0.05) is 29.7 Å². The molecule has 142 valence electrons. The fraction of sp³-hybridized carbons (Fsp3) is 0.391. The first-order valence-corrected chi connectivity index (χ1v) is 10.1. The van der Waals surface area contributed by atoms with Gasteiger partial charge < -0.3 is 9.30 Å². The summed E-state index contributed by atoms with van der Waals surface area (Å²) in [5, 5.41) is 1.89. The molecule has 3 nitrogen and oxygen atoms in total. The van der Waals surface area contributed by atoms with Gasteiger partial charge in [-0.15, -0.1) is 0 Å². The van der Waals surface area contributed by atoms with E-state index in [0.29, 0.717) is 12.6 Å². The highest BCUT2D eigenvalue weighted by atomic mass is 35.5. The summed E-state index contributed by atoms with van der Waals surface area (Å²) in [6.07, 6.45) is 3.34. The van der Waals surface area contributed by atoms with E-state index in [2.05, 4.69) is 66.6 Å². The van der Waals surface area contributed by atoms with E-state index in [9.17, 15) is 0 Å². The van der Waals surface area contributed by atoms with Gasteiger partial charge in [-0.05, 0) is 75.2 Å². The van der Waals surface area contributed by atoms with Crippen LogP contribution in [-0.4, -0.2) is 22.6 Å². The van der Waals surface area contributed by atoms with E-state index >= 15 is 0 Å². The summed E-state index contributed by atoms with van der Waals surface area (Å²) in [5.74, 6) is 0.952. The van der Waals surface area contributed by atoms with Gasteiger partial charge in [-0.25, -0.2) is 0 Å². The summed E-state index contributed by atoms with van der Waals surface area (Å²) in [6.45, 7) is 10.5. The van der Waals surface area contributed by atoms with Gasteiger partial charge >= 0.3 is 0 Å². The number of ether oxygens (including phenoxy) is 1. The number of nitrogens with zero attached hydrogens (tertiary/aromatic N) is 2. The first kappa shape index (κ1) is 18.4. The highest BCUT2D eigenvalue weighted by Crippen LogP contribution is 2.30. The predicted molar refractivity (Wildman–Crippen MR) is 113 cm³/mol. The Morgan fingerprint density at radius 3 is 2.52 bits per heavy atom. The Morgan fingerprint density at radius 1 is 1.07 bits per heavy atom. The fourth-order valence-electron chi connectivity index (χ4n) is 3.71. The Bertz CT molecular complexity index is 956. The molecule has 0 aliphatic carbocycles. The Labute approximate surface area is 166 Å². The Morgan fingerprint density at radius 2 is 1.85 bits per heavy atom. The molecule has 1 fully saturated rings. The predicted octanol–water partition coefficient (Wildman–Crippen LogP) is 5.97. The van der Waals surface area contributed by atoms with Crippen LogP contribution in [0, 0.1) is 6.92 Å². The van der Waals surface area contributed by atoms with Crippen LogP contribution >= 0.6 is 11.6 Å². The summed E-state index contributed by atoms with van der Waals surface area (Å²) in [4.78, 5) is 2.47. The van der Waals surface area contributed by atoms with Crippen molar-refractivity contribution in [2.45, 2.75) is 46.4 Å². The molecule has 0 unspecified atom stereocenters. The number of hydrogen-bond donors (Lipinski definition) is 0. The van der Waals surface area contributed by atoms with Crippen LogP contribution in [0.15, 0.2) is 42.6 Å². The molecule has 0 bridgehead atoms. The van der Waals surface area contributed by atoms with Crippen molar-refractivity contribution in [3.63, 3.8) is 0 Å². The average molecular weight is 383 g/mol. The van der Waals surface area contributed by atoms with Crippen molar-refractivity contribution in [2.75, 3.05) is 13.1 Å². The minimum Gasteiger partial charge on any atom is -0.489 e. The monoisotopic (exact) mass is 382 g/mol. The number of halogens is 1. The first-order chi connectivity index (χ1) is 13.0. The van der Waals surface area contributed by atoms with E-state index in [1.54, 1.807) is 0 Å². The van der Waals surface area contributed by atoms with Gasteiger partial charge in [0.15, 0.2) is 0 Å². The molecule has 1 aliphatic rings. The zero-order valence-electron chi connectivity index (χ0n) is 16.3. The van der Waals surface area contributed by atoms with Crippen LogP contribution in [0.25, 0.3) is 10.9 Å². The normalized spacial score (nSPS) is 14.7. The van der Waals surface area contributed by atoms with Gasteiger partial charge in [0.2, 0.25) is 0 Å². The lowest BCUT2D eigenvalue weighted by Crippen LogP contribution is -2.36. The second kappa shape index (κ2) is 7.57. The topological polar surface area (TPSA) is 17.4 Å². The van der Waals surface area contributed by atoms with Gasteiger partial charge in [-0.3, -0.25) is 4.90 Å². The van der Waals surface area contributed by atoms with Crippen molar-refractivity contribution < 1.29 is 4.74 Å². The molecule has 0 spiro atoms. The molecule has 2 heterocycles. The second-order valence-corrected chi connectivity index (χ2v) is 8.25. The largest absolute Gasteiger partial charge is 0.489 e. The third-order valence-corrected chi connectivity index (χ3v) is 5.69. The van der Waals surface area contributed by atoms with Crippen LogP contribution in [0.5, 0.6) is 5.75 Å². The summed E-state index contributed by atoms with van der Waals surface area (Å²) in [5.41, 5.74) is 4.86. The molecule has 4 rings (SSSR count). The van der Waals surface area contributed by atoms with E-state index in [1.165, 1.54) is 36.2 Å². The molecule has 1 saturated heterocycles. The Balaban J connectivity index is 1.47. The molecule has 0 N–H and O–H groups in total. The number of aryl methyl sites for hydroxylation is 1. The molecule has 3 aromatic rings. The highest BCUT2D eigenvalue weighted by molar-refractivity contribution is 6.35. The molecule has 2 aromatic carbocycles. The molecule has 0 atom stereocenters. The molecular weight excluding hydrogens is 356 g/mol. The van der Waals surface area contributed by atoms with Crippen LogP contribution < -0.4 is 4.74 Å². The first-order valence-electron chi connectivity index (χ1n) is 9.75. The maximum absolute atomic E-state index is 6.45. The Hall–Kier alpha value is -1.97. The highest BCUT2D eigenvalue weighted by Gasteiger charge is 2.14. The number of fused-ring (bicyclic) bond motifs is 1. The van der Waals surface area contributed by atoms with Crippen molar-refractivity contribution in [2.24, 2.45) is 0 Å². The third kappa shape index (κ3) is 3.85. The number of aromatic nitrogens is 1. The van der Waals surface area contributed by atoms with Gasteiger partial charge in [0.25, 0.3) is 0 Å². The lowest BCUT2D eigenvalue weighted by atomic mass is 10.1. The number of rotatable bonds is 6. The van der Waals surface area contributed by atoms with Crippen LogP contribution in [-0.2, 0) is 13.2 Å². The second-order valence-electron chi connectivity index (χ2n) is 7.85. The summed E-state index contributed by atoms with van der Waals surface area (Å²) in [6, 6.07) is 13.3. The summed E-state index contributed by atoms with van der Waals surface area (Å²) in [7, 11) is 0. The van der Waals surface area contributed by atoms with Crippen molar-refractivity contribution in [1.82, 2.24) is 9.47 Å². The van der Waals surface area contributed by atoms with Gasteiger partial charge in [-0.1, -0.05) is 29.8 Å². The molecule has 1 aromatic heterocycles. The standard InChI is InChI=1S/C23H27ClN2O/c1-16(2)26-14-21(24)20-12-19(5-7-22(20)26)15-27-23-8-6-18(11-17(23)3)13-25-9-4-10-25/h5-8,11-12,14,16H,4,9-10,13,15H2,1-3H3. The van der Waals surface area contributed by atoms with Crippen molar-refractivity contribution in [1.29, 1.82) is 0 Å². The zero-order chi connectivity index (χ0) is 19.0. The number of benzene rings is 2. The zero-order valence-corrected chi connectivity index (χ0v) is 17.1. The molecule has 27 heavy (non-hydrogen) atoms. The summed E-state index contributed by atoms with van der Waals surface area (Å²) < 4.78 is 8.31. The quantitative estimate of drug-likeness (QED) is 0.522. The van der Waals surface area contributed by atoms with E-state index in [4.69, 9.17) is 16.3 Å². The Kier molecular flexibility index (Phi) is 5.16. The minimum atomic E-state index is 0.388. The molecule has 1 aliphatic heterocycles. The lowest BCUT2D eigenvalue weighted by molar-refractivity contribution is 0.172. The minimum absolute atomic E-state index is 0.388. The van der Waals surface area contributed by atoms with Gasteiger partial charge in [-0.2, -0.15) is 0 Å². The molecular formula is C23H27ClN2O. The van der Waals surface area contributed by atoms with Crippen LogP contribution in [0.3, 0.4) is 0 Å². The van der Waals surface area contributed by atoms with Crippen LogP contribution in [0.2, 0.25) is 5.02 Å². The van der Waals surface area contributed by atoms with E-state index < -0.39 is 0 Å². The molecule has 4 heteroatoms. The van der Waals surface area contributed by atoms with E-state index in [-0.39, 0.29) is 0 Å². The van der Waals surface area contributed by atoms with Crippen molar-refractivity contribution in [3.8, 4) is 5.75 Å². The summed E-state index contributed by atoms with van der Waals surface area (Å²) >= 11 is 6.45. The van der Waals surface area contributed by atoms with Gasteiger partial charge in [0.1, 0.15) is 12.4 Å². The van der Waals surface area contributed by atoms with E-state index in [1.807, 2.05) is 6.20 Å². The fourth-order valence-corrected chi connectivity index (χ4v) is 3.97. The van der Waals surface area contributed by atoms with Crippen LogP contribution in [0.4, 0.5) is 0 Å². The average Bonchev–Trinajstić information content (AvgIpc) is 2.94. The smallest absolute Gasteiger partial charge is 0.122 e.